The highest BCUT2D eigenvalue weighted by atomic mass is 35.5. The summed E-state index contributed by atoms with van der Waals surface area (Å²) in [6.07, 6.45) is 1.90. The van der Waals surface area contributed by atoms with Gasteiger partial charge in [-0.05, 0) is 30.2 Å². The molecule has 0 fully saturated rings. The van der Waals surface area contributed by atoms with Gasteiger partial charge in [-0.1, -0.05) is 37.1 Å². The molecule has 0 saturated heterocycles. The van der Waals surface area contributed by atoms with E-state index in [0.717, 1.165) is 29.0 Å². The molecule has 5 heteroatoms. The SMILES string of the molecule is CCCc1cc2c(s1)N[C@@H](c1ccc(Cl)cc1)NC2=O. The van der Waals surface area contributed by atoms with E-state index in [1.165, 1.54) is 4.88 Å². The molecule has 0 bridgehead atoms. The lowest BCUT2D eigenvalue weighted by Gasteiger charge is -2.25. The third kappa shape index (κ3) is 2.53. The third-order valence-corrected chi connectivity index (χ3v) is 4.66. The van der Waals surface area contributed by atoms with Crippen molar-refractivity contribution in [3.8, 4) is 0 Å². The smallest absolute Gasteiger partial charge is 0.256 e. The number of nitrogens with one attached hydrogen (secondary N) is 2. The molecule has 3 rings (SSSR count). The molecule has 2 aromatic rings. The maximum Gasteiger partial charge on any atom is 0.256 e. The molecule has 0 radical (unpaired) electrons. The molecule has 2 N–H and O–H groups in total. The van der Waals surface area contributed by atoms with Gasteiger partial charge in [0, 0.05) is 9.90 Å². The Kier molecular flexibility index (Phi) is 3.68. The zero-order valence-corrected chi connectivity index (χ0v) is 12.6. The van der Waals surface area contributed by atoms with Crippen molar-refractivity contribution in [3.63, 3.8) is 0 Å². The average Bonchev–Trinajstić information content (AvgIpc) is 2.83. The molecular weight excluding hydrogens is 292 g/mol. The van der Waals surface area contributed by atoms with E-state index in [0.29, 0.717) is 5.02 Å². The Bertz CT molecular complexity index is 636. The van der Waals surface area contributed by atoms with Gasteiger partial charge in [-0.2, -0.15) is 0 Å². The fraction of sp³-hybridized carbons (Fsp3) is 0.267. The molecule has 0 aliphatic carbocycles. The molecule has 0 spiro atoms. The number of carbonyl (C=O) groups is 1. The monoisotopic (exact) mass is 306 g/mol. The number of halogens is 1. The summed E-state index contributed by atoms with van der Waals surface area (Å²) < 4.78 is 0. The first-order valence-corrected chi connectivity index (χ1v) is 7.82. The van der Waals surface area contributed by atoms with Gasteiger partial charge in [0.1, 0.15) is 11.2 Å². The highest BCUT2D eigenvalue weighted by molar-refractivity contribution is 7.16. The number of rotatable bonds is 3. The van der Waals surface area contributed by atoms with Crippen molar-refractivity contribution in [3.05, 3.63) is 51.4 Å². The highest BCUT2D eigenvalue weighted by Gasteiger charge is 2.26. The van der Waals surface area contributed by atoms with E-state index in [4.69, 9.17) is 11.6 Å². The minimum Gasteiger partial charge on any atom is -0.353 e. The Labute approximate surface area is 127 Å². The Morgan fingerprint density at radius 2 is 2.00 bits per heavy atom. The summed E-state index contributed by atoms with van der Waals surface area (Å²) in [6, 6.07) is 9.50. The minimum absolute atomic E-state index is 0.0164. The van der Waals surface area contributed by atoms with E-state index in [2.05, 4.69) is 17.6 Å². The Hall–Kier alpha value is -1.52. The number of benzene rings is 1. The number of anilines is 1. The van der Waals surface area contributed by atoms with Gasteiger partial charge < -0.3 is 10.6 Å². The number of fused-ring (bicyclic) bond motifs is 1. The molecule has 1 amide bonds. The van der Waals surface area contributed by atoms with Crippen molar-refractivity contribution in [2.45, 2.75) is 25.9 Å². The van der Waals surface area contributed by atoms with Gasteiger partial charge in [0.25, 0.3) is 5.91 Å². The molecule has 104 valence electrons. The van der Waals surface area contributed by atoms with Gasteiger partial charge in [0.15, 0.2) is 0 Å². The van der Waals surface area contributed by atoms with Crippen LogP contribution in [0.2, 0.25) is 5.02 Å². The largest absolute Gasteiger partial charge is 0.353 e. The predicted molar refractivity (Wildman–Crippen MR) is 83.6 cm³/mol. The number of aryl methyl sites for hydroxylation is 1. The normalized spacial score (nSPS) is 17.3. The summed E-state index contributed by atoms with van der Waals surface area (Å²) in [7, 11) is 0. The lowest BCUT2D eigenvalue weighted by Crippen LogP contribution is -2.37. The highest BCUT2D eigenvalue weighted by Crippen LogP contribution is 2.34. The molecule has 0 saturated carbocycles. The van der Waals surface area contributed by atoms with E-state index in [1.807, 2.05) is 30.3 Å². The molecular formula is C15H15ClN2OS. The van der Waals surface area contributed by atoms with E-state index in [-0.39, 0.29) is 12.1 Å². The Balaban J connectivity index is 1.88. The first-order valence-electron chi connectivity index (χ1n) is 6.63. The first-order chi connectivity index (χ1) is 9.67. The number of thiophene rings is 1. The van der Waals surface area contributed by atoms with Gasteiger partial charge in [0.05, 0.1) is 5.56 Å². The second kappa shape index (κ2) is 5.46. The second-order valence-electron chi connectivity index (χ2n) is 4.81. The molecule has 0 unspecified atom stereocenters. The van der Waals surface area contributed by atoms with Crippen molar-refractivity contribution < 1.29 is 4.79 Å². The van der Waals surface area contributed by atoms with Crippen LogP contribution >= 0.6 is 22.9 Å². The number of hydrogen-bond acceptors (Lipinski definition) is 3. The van der Waals surface area contributed by atoms with Crippen LogP contribution in [0.5, 0.6) is 0 Å². The molecule has 1 atom stereocenters. The van der Waals surface area contributed by atoms with Crippen molar-refractivity contribution in [2.24, 2.45) is 0 Å². The topological polar surface area (TPSA) is 41.1 Å². The molecule has 1 aromatic carbocycles. The van der Waals surface area contributed by atoms with E-state index in [1.54, 1.807) is 11.3 Å². The van der Waals surface area contributed by atoms with Crippen molar-refractivity contribution in [1.29, 1.82) is 0 Å². The van der Waals surface area contributed by atoms with Crippen molar-refractivity contribution in [2.75, 3.05) is 5.32 Å². The van der Waals surface area contributed by atoms with Crippen molar-refractivity contribution >= 4 is 33.8 Å². The standard InChI is InChI=1S/C15H15ClN2OS/c1-2-3-11-8-12-14(19)17-13(18-15(12)20-11)9-4-6-10(16)7-5-9/h4-8,13,18H,2-3H2,1H3,(H,17,19)/t13-/m0/s1. The van der Waals surface area contributed by atoms with E-state index >= 15 is 0 Å². The van der Waals surface area contributed by atoms with Gasteiger partial charge in [-0.15, -0.1) is 11.3 Å². The number of amides is 1. The fourth-order valence-electron chi connectivity index (χ4n) is 2.29. The molecule has 1 aromatic heterocycles. The average molecular weight is 307 g/mol. The van der Waals surface area contributed by atoms with E-state index in [9.17, 15) is 4.79 Å². The van der Waals surface area contributed by atoms with Crippen LogP contribution in [0.25, 0.3) is 0 Å². The fourth-order valence-corrected chi connectivity index (χ4v) is 3.59. The first kappa shape index (κ1) is 13.5. The zero-order chi connectivity index (χ0) is 14.1. The summed E-state index contributed by atoms with van der Waals surface area (Å²) in [5.74, 6) is -0.0164. The lowest BCUT2D eigenvalue weighted by molar-refractivity contribution is 0.0936. The third-order valence-electron chi connectivity index (χ3n) is 3.28. The van der Waals surface area contributed by atoms with Crippen LogP contribution in [-0.4, -0.2) is 5.91 Å². The molecule has 20 heavy (non-hydrogen) atoms. The molecule has 3 nitrogen and oxygen atoms in total. The summed E-state index contributed by atoms with van der Waals surface area (Å²) in [5, 5.41) is 8.01. The van der Waals surface area contributed by atoms with Crippen LogP contribution in [0.15, 0.2) is 30.3 Å². The molecule has 2 heterocycles. The summed E-state index contributed by atoms with van der Waals surface area (Å²) in [6.45, 7) is 2.14. The van der Waals surface area contributed by atoms with Crippen LogP contribution in [0.1, 0.15) is 40.3 Å². The predicted octanol–water partition coefficient (Wildman–Crippen LogP) is 4.21. The number of carbonyl (C=O) groups excluding carboxylic acids is 1. The number of hydrogen-bond donors (Lipinski definition) is 2. The minimum atomic E-state index is -0.194. The Morgan fingerprint density at radius 1 is 1.25 bits per heavy atom. The van der Waals surface area contributed by atoms with E-state index < -0.39 is 0 Å². The van der Waals surface area contributed by atoms with Gasteiger partial charge in [-0.3, -0.25) is 4.79 Å². The van der Waals surface area contributed by atoms with Crippen molar-refractivity contribution in [1.82, 2.24) is 5.32 Å². The maximum atomic E-state index is 12.2. The maximum absolute atomic E-state index is 12.2. The molecule has 1 aliphatic rings. The summed E-state index contributed by atoms with van der Waals surface area (Å²) in [5.41, 5.74) is 1.75. The van der Waals surface area contributed by atoms with Crippen LogP contribution in [0.4, 0.5) is 5.00 Å². The molecule has 1 aliphatic heterocycles. The summed E-state index contributed by atoms with van der Waals surface area (Å²) >= 11 is 7.56. The van der Waals surface area contributed by atoms with Crippen LogP contribution in [-0.2, 0) is 6.42 Å². The van der Waals surface area contributed by atoms with Crippen LogP contribution in [0, 0.1) is 0 Å². The lowest BCUT2D eigenvalue weighted by atomic mass is 10.1. The quantitative estimate of drug-likeness (QED) is 0.892. The summed E-state index contributed by atoms with van der Waals surface area (Å²) in [4.78, 5) is 13.4. The van der Waals surface area contributed by atoms with Crippen LogP contribution < -0.4 is 10.6 Å². The van der Waals surface area contributed by atoms with Gasteiger partial charge in [-0.25, -0.2) is 0 Å². The Morgan fingerprint density at radius 3 is 2.70 bits per heavy atom. The van der Waals surface area contributed by atoms with Gasteiger partial charge >= 0.3 is 0 Å². The zero-order valence-electron chi connectivity index (χ0n) is 11.1. The second-order valence-corrected chi connectivity index (χ2v) is 6.38. The van der Waals surface area contributed by atoms with Gasteiger partial charge in [0.2, 0.25) is 0 Å². The van der Waals surface area contributed by atoms with Crippen LogP contribution in [0.3, 0.4) is 0 Å².